The lowest BCUT2D eigenvalue weighted by molar-refractivity contribution is 0.0678. The molecule has 0 N–H and O–H groups in total. The number of aromatic nitrogens is 1. The Morgan fingerprint density at radius 2 is 2.36 bits per heavy atom. The molecule has 2 bridgehead atoms. The van der Waals surface area contributed by atoms with E-state index in [-0.39, 0.29) is 11.7 Å². The highest BCUT2D eigenvalue weighted by Gasteiger charge is 2.34. The number of pyridine rings is 1. The van der Waals surface area contributed by atoms with Crippen LogP contribution in [-0.2, 0) is 0 Å². The van der Waals surface area contributed by atoms with Crippen LogP contribution in [0.2, 0.25) is 0 Å². The highest BCUT2D eigenvalue weighted by Crippen LogP contribution is 2.30. The highest BCUT2D eigenvalue weighted by molar-refractivity contribution is 5.96. The summed E-state index contributed by atoms with van der Waals surface area (Å²) >= 11 is 0. The van der Waals surface area contributed by atoms with Crippen LogP contribution in [0.15, 0.2) is 22.9 Å². The summed E-state index contributed by atoms with van der Waals surface area (Å²) in [7, 11) is 0. The number of hydrogen-bond donors (Lipinski definition) is 0. The Hall–Kier alpha value is -1.92. The lowest BCUT2D eigenvalue weighted by Crippen LogP contribution is -2.47. The molecule has 3 unspecified atom stereocenters. The maximum atomic E-state index is 12.5. The number of furan rings is 1. The molecule has 0 spiro atoms. The van der Waals surface area contributed by atoms with Crippen LogP contribution in [-0.4, -0.2) is 46.5 Å². The standard InChI is InChI=1S/C16H18N3O3/c1-10-9-22-15-6-17-14(5-13(10)15)16(20)19(21)12-4-11-2-3-18(7-11)8-12/h5-6,9,11-12H,2-4,7-8H2,1H3/q-1. The van der Waals surface area contributed by atoms with Gasteiger partial charge in [0.15, 0.2) is 5.58 Å². The molecule has 4 rings (SSSR count). The van der Waals surface area contributed by atoms with E-state index >= 15 is 0 Å². The van der Waals surface area contributed by atoms with Gasteiger partial charge >= 0.3 is 0 Å². The Morgan fingerprint density at radius 3 is 3.18 bits per heavy atom. The monoisotopic (exact) mass is 300 g/mol. The average molecular weight is 300 g/mol. The zero-order valence-corrected chi connectivity index (χ0v) is 12.5. The molecule has 1 amide bonds. The van der Waals surface area contributed by atoms with Crippen LogP contribution in [0, 0.1) is 18.0 Å². The number of hydroxylamine groups is 2. The molecule has 2 fully saturated rings. The molecule has 2 aliphatic rings. The van der Waals surface area contributed by atoms with E-state index in [2.05, 4.69) is 9.88 Å². The Morgan fingerprint density at radius 1 is 1.50 bits per heavy atom. The molecule has 0 aliphatic carbocycles. The summed E-state index contributed by atoms with van der Waals surface area (Å²) in [6.45, 7) is 4.69. The summed E-state index contributed by atoms with van der Waals surface area (Å²) < 4.78 is 5.32. The van der Waals surface area contributed by atoms with E-state index < -0.39 is 5.91 Å². The quantitative estimate of drug-likeness (QED) is 0.795. The third-order valence-corrected chi connectivity index (χ3v) is 4.85. The first-order chi connectivity index (χ1) is 10.6. The van der Waals surface area contributed by atoms with Gasteiger partial charge in [0.25, 0.3) is 5.91 Å². The fourth-order valence-corrected chi connectivity index (χ4v) is 3.65. The maximum absolute atomic E-state index is 12.5. The molecule has 4 heterocycles. The number of fused-ring (bicyclic) bond motifs is 3. The molecule has 2 aliphatic heterocycles. The minimum Gasteiger partial charge on any atom is -0.756 e. The van der Waals surface area contributed by atoms with Crippen LogP contribution in [0.4, 0.5) is 0 Å². The fraction of sp³-hybridized carbons (Fsp3) is 0.500. The third kappa shape index (κ3) is 2.19. The van der Waals surface area contributed by atoms with E-state index in [1.165, 1.54) is 6.20 Å². The number of rotatable bonds is 2. The molecule has 2 aromatic rings. The van der Waals surface area contributed by atoms with E-state index in [4.69, 9.17) is 4.42 Å². The zero-order chi connectivity index (χ0) is 15.3. The van der Waals surface area contributed by atoms with Crippen molar-refractivity contribution in [3.8, 4) is 0 Å². The Bertz CT molecular complexity index is 714. The second kappa shape index (κ2) is 5.07. The predicted octanol–water partition coefficient (Wildman–Crippen LogP) is 2.17. The molecule has 0 saturated carbocycles. The molecular formula is C16H18N3O3-. The molecule has 0 aromatic carbocycles. The van der Waals surface area contributed by atoms with Crippen molar-refractivity contribution in [2.45, 2.75) is 25.8 Å². The van der Waals surface area contributed by atoms with Gasteiger partial charge in [-0.25, -0.2) is 4.98 Å². The molecular weight excluding hydrogens is 282 g/mol. The molecule has 22 heavy (non-hydrogen) atoms. The number of carbonyl (C=O) groups excluding carboxylic acids is 1. The van der Waals surface area contributed by atoms with Gasteiger partial charge in [-0.1, -0.05) is 0 Å². The van der Waals surface area contributed by atoms with Crippen LogP contribution in [0.1, 0.15) is 28.9 Å². The van der Waals surface area contributed by atoms with Crippen molar-refractivity contribution in [3.05, 3.63) is 35.0 Å². The topological polar surface area (TPSA) is 72.6 Å². The van der Waals surface area contributed by atoms with Gasteiger partial charge in [0, 0.05) is 24.5 Å². The Kier molecular flexibility index (Phi) is 3.16. The number of amides is 1. The number of piperidine rings is 1. The van der Waals surface area contributed by atoms with Gasteiger partial charge in [0.1, 0.15) is 5.69 Å². The maximum Gasteiger partial charge on any atom is 0.262 e. The van der Waals surface area contributed by atoms with Crippen molar-refractivity contribution in [2.75, 3.05) is 19.6 Å². The molecule has 116 valence electrons. The van der Waals surface area contributed by atoms with E-state index in [1.54, 1.807) is 12.3 Å². The van der Waals surface area contributed by atoms with Crippen LogP contribution >= 0.6 is 0 Å². The lowest BCUT2D eigenvalue weighted by atomic mass is 9.96. The summed E-state index contributed by atoms with van der Waals surface area (Å²) in [4.78, 5) is 18.8. The largest absolute Gasteiger partial charge is 0.756 e. The van der Waals surface area contributed by atoms with E-state index in [0.29, 0.717) is 23.1 Å². The third-order valence-electron chi connectivity index (χ3n) is 4.85. The fourth-order valence-electron chi connectivity index (χ4n) is 3.65. The zero-order valence-electron chi connectivity index (χ0n) is 12.5. The predicted molar refractivity (Wildman–Crippen MR) is 81.2 cm³/mol. The van der Waals surface area contributed by atoms with Crippen LogP contribution in [0.3, 0.4) is 0 Å². The molecule has 6 heteroatoms. The van der Waals surface area contributed by atoms with Gasteiger partial charge < -0.3 is 19.6 Å². The van der Waals surface area contributed by atoms with Crippen LogP contribution < -0.4 is 0 Å². The first kappa shape index (κ1) is 13.7. The summed E-state index contributed by atoms with van der Waals surface area (Å²) in [5.41, 5.74) is 1.76. The molecule has 2 saturated heterocycles. The van der Waals surface area contributed by atoms with Crippen molar-refractivity contribution in [1.29, 1.82) is 0 Å². The van der Waals surface area contributed by atoms with Crippen molar-refractivity contribution in [1.82, 2.24) is 14.9 Å². The van der Waals surface area contributed by atoms with E-state index in [0.717, 1.165) is 36.9 Å². The van der Waals surface area contributed by atoms with Gasteiger partial charge in [0.05, 0.1) is 12.5 Å². The van der Waals surface area contributed by atoms with E-state index in [1.807, 2.05) is 6.92 Å². The minimum absolute atomic E-state index is 0.194. The van der Waals surface area contributed by atoms with Crippen LogP contribution in [0.5, 0.6) is 0 Å². The highest BCUT2D eigenvalue weighted by atomic mass is 16.5. The summed E-state index contributed by atoms with van der Waals surface area (Å²) in [5.74, 6) is 0.00422. The first-order valence-corrected chi connectivity index (χ1v) is 7.68. The normalized spacial score (nSPS) is 27.3. The van der Waals surface area contributed by atoms with Gasteiger partial charge in [-0.3, -0.25) is 4.79 Å². The number of carbonyl (C=O) groups is 1. The second-order valence-electron chi connectivity index (χ2n) is 6.42. The molecule has 6 nitrogen and oxygen atoms in total. The number of aryl methyl sites for hydroxylation is 1. The average Bonchev–Trinajstić information content (AvgIpc) is 3.08. The number of nitrogens with zero attached hydrogens (tertiary/aromatic N) is 3. The van der Waals surface area contributed by atoms with Crippen molar-refractivity contribution in [3.63, 3.8) is 0 Å². The second-order valence-corrected chi connectivity index (χ2v) is 6.42. The molecule has 3 atom stereocenters. The lowest BCUT2D eigenvalue weighted by Gasteiger charge is -2.42. The summed E-state index contributed by atoms with van der Waals surface area (Å²) in [6.07, 6.45) is 5.08. The van der Waals surface area contributed by atoms with Crippen molar-refractivity contribution >= 4 is 16.9 Å². The smallest absolute Gasteiger partial charge is 0.262 e. The first-order valence-electron chi connectivity index (χ1n) is 7.68. The van der Waals surface area contributed by atoms with Gasteiger partial charge in [0.2, 0.25) is 0 Å². The molecule has 0 radical (unpaired) electrons. The van der Waals surface area contributed by atoms with Gasteiger partial charge in [-0.15, -0.1) is 0 Å². The van der Waals surface area contributed by atoms with Crippen LogP contribution in [0.25, 0.3) is 11.0 Å². The van der Waals surface area contributed by atoms with Crippen molar-refractivity contribution < 1.29 is 9.21 Å². The Balaban J connectivity index is 1.58. The Labute approximate surface area is 128 Å². The van der Waals surface area contributed by atoms with Gasteiger partial charge in [-0.2, -0.15) is 0 Å². The van der Waals surface area contributed by atoms with Gasteiger partial charge in [-0.05, 0) is 43.9 Å². The van der Waals surface area contributed by atoms with E-state index in [9.17, 15) is 10.0 Å². The SMILES string of the molecule is Cc1coc2cnc(C(=O)N([O-])C3CC4CCN(C4)C3)cc12. The number of hydrogen-bond acceptors (Lipinski definition) is 5. The molecule has 2 aromatic heterocycles. The summed E-state index contributed by atoms with van der Waals surface area (Å²) in [5, 5.41) is 13.9. The van der Waals surface area contributed by atoms with Crippen molar-refractivity contribution in [2.24, 2.45) is 5.92 Å². The summed E-state index contributed by atoms with van der Waals surface area (Å²) in [6, 6.07) is 1.40. The minimum atomic E-state index is -0.546.